The second kappa shape index (κ2) is 6.63. The number of carbonyl (C=O) groups excluding carboxylic acids is 1. The van der Waals surface area contributed by atoms with Crippen molar-refractivity contribution in [2.75, 3.05) is 34.3 Å². The van der Waals surface area contributed by atoms with Crippen molar-refractivity contribution in [3.63, 3.8) is 0 Å². The molecule has 0 aromatic rings. The van der Waals surface area contributed by atoms with Gasteiger partial charge < -0.3 is 10.1 Å². The molecular formula is C16H31N3O2. The van der Waals surface area contributed by atoms with Gasteiger partial charge in [0, 0.05) is 31.2 Å². The molecule has 1 aliphatic carbocycles. The van der Waals surface area contributed by atoms with Crippen LogP contribution in [0.4, 0.5) is 0 Å². The number of hydrogen-bond donors (Lipinski definition) is 1. The normalized spacial score (nSPS) is 39.2. The van der Waals surface area contributed by atoms with E-state index in [4.69, 9.17) is 4.74 Å². The van der Waals surface area contributed by atoms with Gasteiger partial charge in [0.05, 0.1) is 7.11 Å². The second-order valence-corrected chi connectivity index (χ2v) is 6.89. The lowest BCUT2D eigenvalue weighted by Crippen LogP contribution is -2.62. The van der Waals surface area contributed by atoms with Gasteiger partial charge in [0.15, 0.2) is 0 Å². The summed E-state index contributed by atoms with van der Waals surface area (Å²) in [4.78, 5) is 17.3. The fraction of sp³-hybridized carbons (Fsp3) is 0.938. The Morgan fingerprint density at radius 3 is 2.43 bits per heavy atom. The Bertz CT molecular complexity index is 365. The van der Waals surface area contributed by atoms with E-state index in [1.54, 1.807) is 0 Å². The van der Waals surface area contributed by atoms with Crippen molar-refractivity contribution in [3.05, 3.63) is 0 Å². The van der Waals surface area contributed by atoms with Gasteiger partial charge in [0.2, 0.25) is 0 Å². The molecular weight excluding hydrogens is 266 g/mol. The van der Waals surface area contributed by atoms with Crippen LogP contribution in [0.15, 0.2) is 0 Å². The SMILES string of the molecule is CNC1(C(=O)OC)CCCC(N2CC(C)N(C)C(C)C2)C1. The van der Waals surface area contributed by atoms with Gasteiger partial charge in [-0.25, -0.2) is 0 Å². The van der Waals surface area contributed by atoms with Crippen LogP contribution >= 0.6 is 0 Å². The maximum absolute atomic E-state index is 12.2. The highest BCUT2D eigenvalue weighted by atomic mass is 16.5. The Balaban J connectivity index is 2.08. The van der Waals surface area contributed by atoms with E-state index in [0.29, 0.717) is 18.1 Å². The molecule has 0 aromatic heterocycles. The molecule has 0 radical (unpaired) electrons. The Morgan fingerprint density at radius 2 is 1.90 bits per heavy atom. The molecule has 21 heavy (non-hydrogen) atoms. The van der Waals surface area contributed by atoms with Crippen LogP contribution in [0, 0.1) is 0 Å². The Hall–Kier alpha value is -0.650. The van der Waals surface area contributed by atoms with Gasteiger partial charge in [0.1, 0.15) is 5.54 Å². The molecule has 2 rings (SSSR count). The molecule has 4 unspecified atom stereocenters. The summed E-state index contributed by atoms with van der Waals surface area (Å²) >= 11 is 0. The summed E-state index contributed by atoms with van der Waals surface area (Å²) < 4.78 is 5.05. The zero-order chi connectivity index (χ0) is 15.6. The van der Waals surface area contributed by atoms with E-state index in [0.717, 1.165) is 32.4 Å². The van der Waals surface area contributed by atoms with E-state index in [1.807, 2.05) is 7.05 Å². The summed E-state index contributed by atoms with van der Waals surface area (Å²) in [6, 6.07) is 1.61. The molecule has 5 nitrogen and oxygen atoms in total. The van der Waals surface area contributed by atoms with Gasteiger partial charge in [-0.3, -0.25) is 14.6 Å². The van der Waals surface area contributed by atoms with Gasteiger partial charge in [-0.05, 0) is 53.6 Å². The molecule has 122 valence electrons. The Labute approximate surface area is 129 Å². The molecule has 0 spiro atoms. The molecule has 5 heteroatoms. The molecule has 1 saturated heterocycles. The number of carbonyl (C=O) groups is 1. The highest BCUT2D eigenvalue weighted by Gasteiger charge is 2.45. The summed E-state index contributed by atoms with van der Waals surface area (Å²) in [6.45, 7) is 6.76. The third-order valence-corrected chi connectivity index (χ3v) is 5.68. The molecule has 1 aliphatic heterocycles. The van der Waals surface area contributed by atoms with Crippen LogP contribution in [0.25, 0.3) is 0 Å². The van der Waals surface area contributed by atoms with E-state index in [-0.39, 0.29) is 5.97 Å². The number of likely N-dealkylation sites (N-methyl/N-ethyl adjacent to an activating group) is 2. The summed E-state index contributed by atoms with van der Waals surface area (Å²) in [5.41, 5.74) is -0.493. The zero-order valence-electron chi connectivity index (χ0n) is 14.2. The molecule has 1 heterocycles. The summed E-state index contributed by atoms with van der Waals surface area (Å²) in [5, 5.41) is 3.26. The predicted octanol–water partition coefficient (Wildman–Crippen LogP) is 1.08. The first-order valence-corrected chi connectivity index (χ1v) is 8.17. The number of methoxy groups -OCH3 is 1. The minimum absolute atomic E-state index is 0.107. The molecule has 1 N–H and O–H groups in total. The van der Waals surface area contributed by atoms with E-state index in [2.05, 4.69) is 36.0 Å². The molecule has 0 amide bonds. The average molecular weight is 297 g/mol. The molecule has 2 aliphatic rings. The van der Waals surface area contributed by atoms with Crippen molar-refractivity contribution < 1.29 is 9.53 Å². The maximum atomic E-state index is 12.2. The minimum Gasteiger partial charge on any atom is -0.468 e. The van der Waals surface area contributed by atoms with E-state index in [1.165, 1.54) is 13.5 Å². The van der Waals surface area contributed by atoms with Crippen molar-refractivity contribution in [3.8, 4) is 0 Å². The van der Waals surface area contributed by atoms with Crippen molar-refractivity contribution in [1.82, 2.24) is 15.1 Å². The molecule has 2 fully saturated rings. The highest BCUT2D eigenvalue weighted by Crippen LogP contribution is 2.33. The standard InChI is InChI=1S/C16H31N3O2/c1-12-10-19(11-13(2)18(12)4)14-7-6-8-16(9-14,17-3)15(20)21-5/h12-14,17H,6-11H2,1-5H3. The lowest BCUT2D eigenvalue weighted by Gasteiger charge is -2.49. The lowest BCUT2D eigenvalue weighted by molar-refractivity contribution is -0.151. The number of ether oxygens (including phenoxy) is 1. The minimum atomic E-state index is -0.493. The first kappa shape index (κ1) is 16.7. The highest BCUT2D eigenvalue weighted by molar-refractivity contribution is 5.81. The third-order valence-electron chi connectivity index (χ3n) is 5.68. The Morgan fingerprint density at radius 1 is 1.29 bits per heavy atom. The molecule has 0 aromatic carbocycles. The number of esters is 1. The maximum Gasteiger partial charge on any atom is 0.326 e. The number of piperazine rings is 1. The summed E-state index contributed by atoms with van der Waals surface area (Å²) in [5.74, 6) is -0.107. The van der Waals surface area contributed by atoms with E-state index >= 15 is 0 Å². The van der Waals surface area contributed by atoms with Crippen LogP contribution in [0.3, 0.4) is 0 Å². The second-order valence-electron chi connectivity index (χ2n) is 6.89. The first-order valence-electron chi connectivity index (χ1n) is 8.17. The molecule has 1 saturated carbocycles. The first-order chi connectivity index (χ1) is 9.93. The monoisotopic (exact) mass is 297 g/mol. The number of hydrogen-bond acceptors (Lipinski definition) is 5. The van der Waals surface area contributed by atoms with E-state index in [9.17, 15) is 4.79 Å². The summed E-state index contributed by atoms with van der Waals surface area (Å²) in [6.07, 6.45) is 4.00. The van der Waals surface area contributed by atoms with Crippen LogP contribution in [0.2, 0.25) is 0 Å². The van der Waals surface area contributed by atoms with Gasteiger partial charge in [-0.15, -0.1) is 0 Å². The van der Waals surface area contributed by atoms with Crippen LogP contribution in [-0.4, -0.2) is 73.7 Å². The Kier molecular flexibility index (Phi) is 5.28. The number of rotatable bonds is 3. The van der Waals surface area contributed by atoms with Gasteiger partial charge in [-0.2, -0.15) is 0 Å². The summed E-state index contributed by atoms with van der Waals surface area (Å²) in [7, 11) is 5.58. The number of nitrogens with zero attached hydrogens (tertiary/aromatic N) is 2. The van der Waals surface area contributed by atoms with Gasteiger partial charge >= 0.3 is 5.97 Å². The van der Waals surface area contributed by atoms with Crippen molar-refractivity contribution in [1.29, 1.82) is 0 Å². The fourth-order valence-corrected chi connectivity index (χ4v) is 4.01. The van der Waals surface area contributed by atoms with Crippen LogP contribution < -0.4 is 5.32 Å². The van der Waals surface area contributed by atoms with Crippen LogP contribution in [-0.2, 0) is 9.53 Å². The largest absolute Gasteiger partial charge is 0.468 e. The van der Waals surface area contributed by atoms with Gasteiger partial charge in [0.25, 0.3) is 0 Å². The quantitative estimate of drug-likeness (QED) is 0.790. The zero-order valence-corrected chi connectivity index (χ0v) is 14.2. The average Bonchev–Trinajstić information content (AvgIpc) is 2.51. The van der Waals surface area contributed by atoms with E-state index < -0.39 is 5.54 Å². The van der Waals surface area contributed by atoms with Crippen molar-refractivity contribution >= 4 is 5.97 Å². The van der Waals surface area contributed by atoms with Gasteiger partial charge in [-0.1, -0.05) is 0 Å². The smallest absolute Gasteiger partial charge is 0.326 e. The predicted molar refractivity (Wildman–Crippen MR) is 84.3 cm³/mol. The van der Waals surface area contributed by atoms with Crippen molar-refractivity contribution in [2.24, 2.45) is 0 Å². The van der Waals surface area contributed by atoms with Crippen LogP contribution in [0.5, 0.6) is 0 Å². The van der Waals surface area contributed by atoms with Crippen LogP contribution in [0.1, 0.15) is 39.5 Å². The fourth-order valence-electron chi connectivity index (χ4n) is 4.01. The third kappa shape index (κ3) is 3.25. The lowest BCUT2D eigenvalue weighted by atomic mass is 9.78. The number of nitrogens with one attached hydrogen (secondary N) is 1. The molecule has 0 bridgehead atoms. The van der Waals surface area contributed by atoms with Crippen molar-refractivity contribution in [2.45, 2.75) is 63.2 Å². The topological polar surface area (TPSA) is 44.8 Å². The molecule has 4 atom stereocenters.